The second-order valence-electron chi connectivity index (χ2n) is 7.44. The number of halogens is 1. The maximum atomic E-state index is 12.5. The van der Waals surface area contributed by atoms with Crippen molar-refractivity contribution in [3.63, 3.8) is 0 Å². The van der Waals surface area contributed by atoms with E-state index in [1.165, 1.54) is 11.8 Å². The minimum atomic E-state index is -0.461. The van der Waals surface area contributed by atoms with Crippen LogP contribution in [0.4, 0.5) is 5.69 Å². The quantitative estimate of drug-likeness (QED) is 0.529. The van der Waals surface area contributed by atoms with Gasteiger partial charge in [0.15, 0.2) is 5.17 Å². The summed E-state index contributed by atoms with van der Waals surface area (Å²) in [5.41, 5.74) is 11.2. The number of aromatic nitrogens is 1. The summed E-state index contributed by atoms with van der Waals surface area (Å²) in [5, 5.41) is 3.97. The van der Waals surface area contributed by atoms with Crippen molar-refractivity contribution in [3.8, 4) is 5.69 Å². The molecule has 0 atom stereocenters. The van der Waals surface area contributed by atoms with Crippen LogP contribution in [-0.2, 0) is 4.79 Å². The van der Waals surface area contributed by atoms with Gasteiger partial charge in [0.2, 0.25) is 5.91 Å². The highest BCUT2D eigenvalue weighted by molar-refractivity contribution is 8.18. The molecule has 1 saturated heterocycles. The van der Waals surface area contributed by atoms with Crippen molar-refractivity contribution < 1.29 is 9.59 Å². The summed E-state index contributed by atoms with van der Waals surface area (Å²) in [6.07, 6.45) is 1.87. The minimum absolute atomic E-state index is 0.191. The Morgan fingerprint density at radius 3 is 2.56 bits per heavy atom. The number of nitrogens with zero attached hydrogens (tertiary/aromatic N) is 2. The zero-order valence-corrected chi connectivity index (χ0v) is 19.3. The lowest BCUT2D eigenvalue weighted by Crippen LogP contribution is -2.19. The zero-order chi connectivity index (χ0) is 23.0. The van der Waals surface area contributed by atoms with Gasteiger partial charge in [-0.1, -0.05) is 17.7 Å². The van der Waals surface area contributed by atoms with Gasteiger partial charge < -0.3 is 15.6 Å². The lowest BCUT2D eigenvalue weighted by molar-refractivity contribution is -0.115. The molecule has 6 nitrogen and oxygen atoms in total. The van der Waals surface area contributed by atoms with Crippen molar-refractivity contribution >= 4 is 52.1 Å². The van der Waals surface area contributed by atoms with Crippen molar-refractivity contribution in [2.24, 2.45) is 10.7 Å². The largest absolute Gasteiger partial charge is 0.366 e. The van der Waals surface area contributed by atoms with Gasteiger partial charge in [-0.3, -0.25) is 9.59 Å². The molecule has 1 aromatic heterocycles. The topological polar surface area (TPSA) is 89.5 Å². The van der Waals surface area contributed by atoms with Crippen LogP contribution in [0.25, 0.3) is 11.8 Å². The molecular weight excluding hydrogens is 444 g/mol. The number of hydrogen-bond donors (Lipinski definition) is 2. The average molecular weight is 465 g/mol. The fourth-order valence-electron chi connectivity index (χ4n) is 3.55. The van der Waals surface area contributed by atoms with Crippen LogP contribution in [0.1, 0.15) is 32.9 Å². The van der Waals surface area contributed by atoms with E-state index in [0.29, 0.717) is 20.7 Å². The van der Waals surface area contributed by atoms with Crippen LogP contribution in [0.15, 0.2) is 58.4 Å². The minimum Gasteiger partial charge on any atom is -0.366 e. The highest BCUT2D eigenvalue weighted by Gasteiger charge is 2.25. The molecule has 1 fully saturated rings. The van der Waals surface area contributed by atoms with E-state index in [-0.39, 0.29) is 5.91 Å². The number of carbonyl (C=O) groups is 2. The van der Waals surface area contributed by atoms with Gasteiger partial charge in [-0.05, 0) is 92.2 Å². The van der Waals surface area contributed by atoms with Gasteiger partial charge in [-0.15, -0.1) is 0 Å². The van der Waals surface area contributed by atoms with E-state index in [2.05, 4.69) is 14.9 Å². The second kappa shape index (κ2) is 8.68. The van der Waals surface area contributed by atoms with Gasteiger partial charge in [0, 0.05) is 27.7 Å². The Hall–Kier alpha value is -3.29. The van der Waals surface area contributed by atoms with E-state index in [0.717, 1.165) is 33.9 Å². The number of aryl methyl sites for hydroxylation is 1. The molecule has 162 valence electrons. The Kier molecular flexibility index (Phi) is 5.95. The van der Waals surface area contributed by atoms with Crippen LogP contribution in [0.5, 0.6) is 0 Å². The molecule has 0 bridgehead atoms. The third-order valence-electron chi connectivity index (χ3n) is 5.28. The molecule has 2 heterocycles. The molecule has 0 saturated carbocycles. The standard InChI is InChI=1S/C24H21ClN4O2S/c1-13-11-17(15(3)29(13)18-9-7-16(8-10-18)22(26)30)12-21-23(31)28-24(32-21)27-20-6-4-5-19(25)14(20)2/h4-12H,1-3H3,(H2,26,30)(H,27,28,31)/b21-12+. The number of amides is 2. The molecule has 3 aromatic rings. The number of aliphatic imine (C=N–C) groups is 1. The molecule has 2 amide bonds. The summed E-state index contributed by atoms with van der Waals surface area (Å²) < 4.78 is 2.07. The smallest absolute Gasteiger partial charge is 0.264 e. The Labute approximate surface area is 195 Å². The first-order valence-corrected chi connectivity index (χ1v) is 11.1. The third kappa shape index (κ3) is 4.22. The normalized spacial score (nSPS) is 16.1. The van der Waals surface area contributed by atoms with E-state index in [4.69, 9.17) is 17.3 Å². The van der Waals surface area contributed by atoms with E-state index in [1.807, 2.05) is 63.2 Å². The molecule has 0 radical (unpaired) electrons. The van der Waals surface area contributed by atoms with Crippen LogP contribution in [0, 0.1) is 20.8 Å². The highest BCUT2D eigenvalue weighted by Crippen LogP contribution is 2.32. The summed E-state index contributed by atoms with van der Waals surface area (Å²) in [4.78, 5) is 29.0. The van der Waals surface area contributed by atoms with Crippen molar-refractivity contribution in [3.05, 3.63) is 86.5 Å². The molecule has 1 aliphatic heterocycles. The summed E-state index contributed by atoms with van der Waals surface area (Å²) in [6.45, 7) is 5.88. The molecule has 0 aliphatic carbocycles. The van der Waals surface area contributed by atoms with Gasteiger partial charge in [0.05, 0.1) is 10.6 Å². The number of rotatable bonds is 4. The molecule has 4 rings (SSSR count). The van der Waals surface area contributed by atoms with Gasteiger partial charge in [0.25, 0.3) is 5.91 Å². The summed E-state index contributed by atoms with van der Waals surface area (Å²) in [5.74, 6) is -0.651. The molecule has 32 heavy (non-hydrogen) atoms. The van der Waals surface area contributed by atoms with Crippen LogP contribution in [-0.4, -0.2) is 21.5 Å². The fourth-order valence-corrected chi connectivity index (χ4v) is 4.55. The van der Waals surface area contributed by atoms with Gasteiger partial charge in [-0.25, -0.2) is 4.99 Å². The predicted molar refractivity (Wildman–Crippen MR) is 131 cm³/mol. The summed E-state index contributed by atoms with van der Waals surface area (Å²) >= 11 is 7.47. The molecule has 8 heteroatoms. The monoisotopic (exact) mass is 464 g/mol. The van der Waals surface area contributed by atoms with E-state index < -0.39 is 5.91 Å². The maximum absolute atomic E-state index is 12.5. The lowest BCUT2D eigenvalue weighted by Gasteiger charge is -2.10. The Balaban J connectivity index is 1.64. The van der Waals surface area contributed by atoms with Crippen molar-refractivity contribution in [2.75, 3.05) is 0 Å². The molecular formula is C24H21ClN4O2S. The Morgan fingerprint density at radius 2 is 1.88 bits per heavy atom. The molecule has 1 aliphatic rings. The fraction of sp³-hybridized carbons (Fsp3) is 0.125. The van der Waals surface area contributed by atoms with Gasteiger partial charge in [-0.2, -0.15) is 0 Å². The number of nitrogens with two attached hydrogens (primary N) is 1. The molecule has 2 aromatic carbocycles. The SMILES string of the molecule is Cc1c(Cl)cccc1N=C1NC(=O)/C(=C\c2cc(C)n(-c3ccc(C(N)=O)cc3)c2C)S1. The van der Waals surface area contributed by atoms with E-state index in [9.17, 15) is 9.59 Å². The van der Waals surface area contributed by atoms with Crippen LogP contribution < -0.4 is 11.1 Å². The lowest BCUT2D eigenvalue weighted by atomic mass is 10.2. The molecule has 0 unspecified atom stereocenters. The number of carbonyl (C=O) groups excluding carboxylic acids is 2. The zero-order valence-electron chi connectivity index (χ0n) is 17.8. The van der Waals surface area contributed by atoms with Crippen LogP contribution in [0.3, 0.4) is 0 Å². The van der Waals surface area contributed by atoms with Gasteiger partial charge >= 0.3 is 0 Å². The second-order valence-corrected chi connectivity index (χ2v) is 8.88. The van der Waals surface area contributed by atoms with E-state index >= 15 is 0 Å². The number of thioether (sulfide) groups is 1. The number of amidine groups is 1. The molecule has 3 N–H and O–H groups in total. The number of hydrogen-bond acceptors (Lipinski definition) is 4. The third-order valence-corrected chi connectivity index (χ3v) is 6.60. The van der Waals surface area contributed by atoms with Crippen molar-refractivity contribution in [1.29, 1.82) is 0 Å². The first-order chi connectivity index (χ1) is 15.2. The Morgan fingerprint density at radius 1 is 1.16 bits per heavy atom. The maximum Gasteiger partial charge on any atom is 0.264 e. The summed E-state index contributed by atoms with van der Waals surface area (Å²) in [6, 6.07) is 14.6. The van der Waals surface area contributed by atoms with Crippen LogP contribution in [0.2, 0.25) is 5.02 Å². The van der Waals surface area contributed by atoms with Crippen molar-refractivity contribution in [2.45, 2.75) is 20.8 Å². The molecule has 0 spiro atoms. The average Bonchev–Trinajstić information content (AvgIpc) is 3.23. The highest BCUT2D eigenvalue weighted by atomic mass is 35.5. The first kappa shape index (κ1) is 21.9. The summed E-state index contributed by atoms with van der Waals surface area (Å²) in [7, 11) is 0. The predicted octanol–water partition coefficient (Wildman–Crippen LogP) is 5.05. The first-order valence-electron chi connectivity index (χ1n) is 9.88. The Bertz CT molecular complexity index is 1310. The van der Waals surface area contributed by atoms with Crippen LogP contribution >= 0.6 is 23.4 Å². The van der Waals surface area contributed by atoms with Gasteiger partial charge in [0.1, 0.15) is 0 Å². The number of primary amides is 1. The van der Waals surface area contributed by atoms with Crippen molar-refractivity contribution in [1.82, 2.24) is 9.88 Å². The van der Waals surface area contributed by atoms with E-state index in [1.54, 1.807) is 12.1 Å². The number of benzene rings is 2. The number of nitrogens with one attached hydrogen (secondary N) is 1.